The summed E-state index contributed by atoms with van der Waals surface area (Å²) in [5.74, 6) is 0.126. The Labute approximate surface area is 85.1 Å². The smallest absolute Gasteiger partial charge is 0.123 e. The lowest BCUT2D eigenvalue weighted by Gasteiger charge is -2.08. The fourth-order valence-corrected chi connectivity index (χ4v) is 1.52. The maximum absolute atomic E-state index is 10.8. The first kappa shape index (κ1) is 10.9. The molecular formula is C12H17NO. The predicted molar refractivity (Wildman–Crippen MR) is 58.0 cm³/mol. The quantitative estimate of drug-likeness (QED) is 0.696. The van der Waals surface area contributed by atoms with Crippen molar-refractivity contribution >= 4 is 6.29 Å². The highest BCUT2D eigenvalue weighted by Crippen LogP contribution is 2.11. The zero-order valence-corrected chi connectivity index (χ0v) is 8.36. The van der Waals surface area contributed by atoms with Crippen molar-refractivity contribution in [2.45, 2.75) is 19.3 Å². The Balaban J connectivity index is 2.44. The lowest BCUT2D eigenvalue weighted by Crippen LogP contribution is -2.09. The van der Waals surface area contributed by atoms with Crippen molar-refractivity contribution in [2.75, 3.05) is 6.54 Å². The van der Waals surface area contributed by atoms with Crippen LogP contribution in [0.15, 0.2) is 30.3 Å². The van der Waals surface area contributed by atoms with Gasteiger partial charge in [0.25, 0.3) is 0 Å². The Kier molecular flexibility index (Phi) is 4.94. The van der Waals surface area contributed by atoms with Crippen LogP contribution in [-0.4, -0.2) is 12.8 Å². The van der Waals surface area contributed by atoms with E-state index in [2.05, 4.69) is 12.1 Å². The van der Waals surface area contributed by atoms with E-state index in [0.29, 0.717) is 6.54 Å². The molecule has 1 aromatic carbocycles. The normalized spacial score (nSPS) is 12.4. The lowest BCUT2D eigenvalue weighted by atomic mass is 9.96. The Morgan fingerprint density at radius 2 is 2.00 bits per heavy atom. The summed E-state index contributed by atoms with van der Waals surface area (Å²) in [6.45, 7) is 0.666. The number of carbonyl (C=O) groups is 1. The van der Waals surface area contributed by atoms with Crippen molar-refractivity contribution in [2.24, 2.45) is 11.7 Å². The van der Waals surface area contributed by atoms with Crippen LogP contribution in [0.5, 0.6) is 0 Å². The molecule has 0 aliphatic carbocycles. The molecule has 0 bridgehead atoms. The number of benzene rings is 1. The molecule has 1 aromatic rings. The number of nitrogens with two attached hydrogens (primary N) is 1. The van der Waals surface area contributed by atoms with E-state index in [-0.39, 0.29) is 5.92 Å². The van der Waals surface area contributed by atoms with Crippen LogP contribution in [0.1, 0.15) is 18.4 Å². The molecule has 1 unspecified atom stereocenters. The average Bonchev–Trinajstić information content (AvgIpc) is 2.25. The Bertz CT molecular complexity index is 258. The van der Waals surface area contributed by atoms with Crippen molar-refractivity contribution in [1.82, 2.24) is 0 Å². The van der Waals surface area contributed by atoms with E-state index in [1.165, 1.54) is 5.56 Å². The minimum Gasteiger partial charge on any atom is -0.330 e. The van der Waals surface area contributed by atoms with Gasteiger partial charge in [-0.2, -0.15) is 0 Å². The van der Waals surface area contributed by atoms with Gasteiger partial charge in [0.2, 0.25) is 0 Å². The van der Waals surface area contributed by atoms with Crippen molar-refractivity contribution in [3.63, 3.8) is 0 Å². The van der Waals surface area contributed by atoms with E-state index < -0.39 is 0 Å². The Morgan fingerprint density at radius 3 is 2.57 bits per heavy atom. The highest BCUT2D eigenvalue weighted by molar-refractivity contribution is 5.54. The molecule has 0 aliphatic heterocycles. The molecule has 1 rings (SSSR count). The largest absolute Gasteiger partial charge is 0.330 e. The number of carbonyl (C=O) groups excluding carboxylic acids is 1. The summed E-state index contributed by atoms with van der Waals surface area (Å²) in [6.07, 6.45) is 3.71. The molecule has 0 heterocycles. The molecule has 1 atom stereocenters. The van der Waals surface area contributed by atoms with Gasteiger partial charge in [0, 0.05) is 5.92 Å². The molecule has 0 amide bonds. The first-order valence-corrected chi connectivity index (χ1v) is 5.06. The lowest BCUT2D eigenvalue weighted by molar-refractivity contribution is -0.111. The third-order valence-electron chi connectivity index (χ3n) is 2.31. The number of hydrogen-bond donors (Lipinski definition) is 1. The second kappa shape index (κ2) is 6.33. The van der Waals surface area contributed by atoms with Crippen LogP contribution in [0.3, 0.4) is 0 Å². The van der Waals surface area contributed by atoms with E-state index in [9.17, 15) is 4.79 Å². The van der Waals surface area contributed by atoms with Gasteiger partial charge in [-0.15, -0.1) is 0 Å². The molecule has 0 radical (unpaired) electrons. The number of aldehydes is 1. The van der Waals surface area contributed by atoms with Crippen LogP contribution in [0.25, 0.3) is 0 Å². The topological polar surface area (TPSA) is 43.1 Å². The van der Waals surface area contributed by atoms with Crippen LogP contribution in [0.4, 0.5) is 0 Å². The Morgan fingerprint density at radius 1 is 1.29 bits per heavy atom. The monoisotopic (exact) mass is 191 g/mol. The summed E-state index contributed by atoms with van der Waals surface area (Å²) in [7, 11) is 0. The van der Waals surface area contributed by atoms with Gasteiger partial charge < -0.3 is 10.5 Å². The number of hydrogen-bond acceptors (Lipinski definition) is 2. The van der Waals surface area contributed by atoms with Crippen LogP contribution >= 0.6 is 0 Å². The second-order valence-electron chi connectivity index (χ2n) is 3.52. The SMILES string of the molecule is NCCCC(C=O)Cc1ccccc1. The van der Waals surface area contributed by atoms with Gasteiger partial charge in [-0.3, -0.25) is 0 Å². The summed E-state index contributed by atoms with van der Waals surface area (Å²) in [5.41, 5.74) is 6.63. The molecule has 14 heavy (non-hydrogen) atoms. The zero-order chi connectivity index (χ0) is 10.2. The molecule has 2 N–H and O–H groups in total. The third-order valence-corrected chi connectivity index (χ3v) is 2.31. The minimum atomic E-state index is 0.126. The van der Waals surface area contributed by atoms with E-state index >= 15 is 0 Å². The summed E-state index contributed by atoms with van der Waals surface area (Å²) >= 11 is 0. The van der Waals surface area contributed by atoms with E-state index in [0.717, 1.165) is 25.5 Å². The molecule has 0 aliphatic rings. The molecular weight excluding hydrogens is 174 g/mol. The minimum absolute atomic E-state index is 0.126. The van der Waals surface area contributed by atoms with Crippen molar-refractivity contribution in [3.05, 3.63) is 35.9 Å². The molecule has 0 saturated carbocycles. The summed E-state index contributed by atoms with van der Waals surface area (Å²) in [5, 5.41) is 0. The first-order valence-electron chi connectivity index (χ1n) is 5.06. The summed E-state index contributed by atoms with van der Waals surface area (Å²) < 4.78 is 0. The van der Waals surface area contributed by atoms with Gasteiger partial charge in [-0.25, -0.2) is 0 Å². The maximum Gasteiger partial charge on any atom is 0.123 e. The number of rotatable bonds is 6. The van der Waals surface area contributed by atoms with Crippen LogP contribution < -0.4 is 5.73 Å². The van der Waals surface area contributed by atoms with Gasteiger partial charge in [-0.05, 0) is 31.4 Å². The van der Waals surface area contributed by atoms with Crippen molar-refractivity contribution < 1.29 is 4.79 Å². The van der Waals surface area contributed by atoms with E-state index in [4.69, 9.17) is 5.73 Å². The van der Waals surface area contributed by atoms with Crippen molar-refractivity contribution in [1.29, 1.82) is 0 Å². The van der Waals surface area contributed by atoms with Gasteiger partial charge in [-0.1, -0.05) is 30.3 Å². The van der Waals surface area contributed by atoms with Crippen molar-refractivity contribution in [3.8, 4) is 0 Å². The first-order chi connectivity index (χ1) is 6.86. The van der Waals surface area contributed by atoms with Crippen LogP contribution in [0.2, 0.25) is 0 Å². The highest BCUT2D eigenvalue weighted by atomic mass is 16.1. The summed E-state index contributed by atoms with van der Waals surface area (Å²) in [4.78, 5) is 10.8. The zero-order valence-electron chi connectivity index (χ0n) is 8.36. The molecule has 2 nitrogen and oxygen atoms in total. The average molecular weight is 191 g/mol. The molecule has 0 saturated heterocycles. The fourth-order valence-electron chi connectivity index (χ4n) is 1.52. The van der Waals surface area contributed by atoms with Crippen LogP contribution in [-0.2, 0) is 11.2 Å². The van der Waals surface area contributed by atoms with Gasteiger partial charge >= 0.3 is 0 Å². The molecule has 0 fully saturated rings. The van der Waals surface area contributed by atoms with Gasteiger partial charge in [0.1, 0.15) is 6.29 Å². The fraction of sp³-hybridized carbons (Fsp3) is 0.417. The predicted octanol–water partition coefficient (Wildman–Crippen LogP) is 1.78. The third kappa shape index (κ3) is 3.71. The van der Waals surface area contributed by atoms with Gasteiger partial charge in [0.15, 0.2) is 0 Å². The second-order valence-corrected chi connectivity index (χ2v) is 3.52. The van der Waals surface area contributed by atoms with Crippen LogP contribution in [0, 0.1) is 5.92 Å². The van der Waals surface area contributed by atoms with E-state index in [1.807, 2.05) is 18.2 Å². The molecule has 2 heteroatoms. The molecule has 0 spiro atoms. The Hall–Kier alpha value is -1.15. The van der Waals surface area contributed by atoms with Gasteiger partial charge in [0.05, 0.1) is 0 Å². The maximum atomic E-state index is 10.8. The summed E-state index contributed by atoms with van der Waals surface area (Å²) in [6, 6.07) is 10.1. The van der Waals surface area contributed by atoms with E-state index in [1.54, 1.807) is 0 Å². The highest BCUT2D eigenvalue weighted by Gasteiger charge is 2.07. The standard InChI is InChI=1S/C12H17NO/c13-8-4-7-12(10-14)9-11-5-2-1-3-6-11/h1-3,5-6,10,12H,4,7-9,13H2. The molecule has 0 aromatic heterocycles. The molecule has 76 valence electrons.